The molecule has 0 aliphatic carbocycles. The molecule has 0 saturated heterocycles. The maximum atomic E-state index is 14.0. The lowest BCUT2D eigenvalue weighted by atomic mass is 10.2. The van der Waals surface area contributed by atoms with Crippen molar-refractivity contribution in [1.82, 2.24) is 14.8 Å². The van der Waals surface area contributed by atoms with Crippen LogP contribution in [-0.4, -0.2) is 53.5 Å². The minimum atomic E-state index is -0.574. The highest BCUT2D eigenvalue weighted by Crippen LogP contribution is 2.37. The Bertz CT molecular complexity index is 3890. The van der Waals surface area contributed by atoms with Gasteiger partial charge in [-0.05, 0) is 170 Å². The van der Waals surface area contributed by atoms with Crippen LogP contribution in [0.15, 0.2) is 126 Å². The summed E-state index contributed by atoms with van der Waals surface area (Å²) >= 11 is 55.6. The Morgan fingerprint density at radius 1 is 0.659 bits per heavy atom. The average molecular weight is 1580 g/mol. The van der Waals surface area contributed by atoms with Crippen LogP contribution in [0.3, 0.4) is 0 Å². The molecule has 0 spiro atoms. The van der Waals surface area contributed by atoms with Crippen molar-refractivity contribution < 1.29 is 37.0 Å². The quantitative estimate of drug-likeness (QED) is 0.0522. The van der Waals surface area contributed by atoms with Gasteiger partial charge < -0.3 is 5.73 Å². The van der Waals surface area contributed by atoms with Gasteiger partial charge in [-0.25, -0.2) is 42.0 Å². The number of aliphatic imine (C=N–C) groups is 1. The van der Waals surface area contributed by atoms with Crippen LogP contribution in [0.25, 0.3) is 22.1 Å². The topological polar surface area (TPSA) is 153 Å². The van der Waals surface area contributed by atoms with Gasteiger partial charge in [-0.2, -0.15) is 10.4 Å². The molecule has 4 N–H and O–H groups in total. The first-order valence-electron chi connectivity index (χ1n) is 23.2. The maximum Gasteiger partial charge on any atom is 0.288 e. The van der Waals surface area contributed by atoms with Crippen molar-refractivity contribution in [1.29, 1.82) is 5.26 Å². The largest absolute Gasteiger partial charge is 0.389 e. The number of benzene rings is 5. The number of aromatic nitrogens is 3. The minimum Gasteiger partial charge on any atom is -0.389 e. The van der Waals surface area contributed by atoms with Crippen LogP contribution in [0.2, 0.25) is 25.1 Å². The van der Waals surface area contributed by atoms with E-state index >= 15 is 0 Å². The molecule has 0 saturated carbocycles. The molecule has 4 aromatic heterocycles. The summed E-state index contributed by atoms with van der Waals surface area (Å²) < 4.78 is 70.9. The molecule has 9 rings (SSSR count). The summed E-state index contributed by atoms with van der Waals surface area (Å²) in [5.74, 6) is -1.77. The Kier molecular flexibility index (Phi) is 30.4. The first-order chi connectivity index (χ1) is 40.1. The predicted molar refractivity (Wildman–Crippen MR) is 361 cm³/mol. The normalized spacial score (nSPS) is 10.5. The van der Waals surface area contributed by atoms with E-state index in [0.717, 1.165) is 35.0 Å². The fourth-order valence-corrected chi connectivity index (χ4v) is 13.7. The fraction of sp³-hybridized carbons (Fsp3) is 0.107. The molecule has 85 heavy (non-hydrogen) atoms. The van der Waals surface area contributed by atoms with E-state index in [1.165, 1.54) is 101 Å². The van der Waals surface area contributed by atoms with Gasteiger partial charge in [-0.3, -0.25) is 9.59 Å². The van der Waals surface area contributed by atoms with Crippen LogP contribution >= 0.6 is 187 Å². The number of halogens is 14. The van der Waals surface area contributed by atoms with Crippen LogP contribution in [0.5, 0.6) is 0 Å². The Morgan fingerprint density at radius 3 is 1.46 bits per heavy atom. The molecule has 0 atom stereocenters. The van der Waals surface area contributed by atoms with Crippen molar-refractivity contribution in [2.75, 3.05) is 12.5 Å². The third kappa shape index (κ3) is 20.2. The molecule has 29 heteroatoms. The molecule has 0 fully saturated rings. The molecule has 0 aliphatic rings. The van der Waals surface area contributed by atoms with Crippen molar-refractivity contribution in [2.24, 2.45) is 17.8 Å². The van der Waals surface area contributed by atoms with E-state index in [-0.39, 0.29) is 58.4 Å². The number of nitriles is 1. The van der Waals surface area contributed by atoms with Crippen molar-refractivity contribution in [2.45, 2.75) is 20.8 Å². The number of carbonyl (C=O) groups excluding carboxylic acids is 2. The van der Waals surface area contributed by atoms with Crippen LogP contribution in [-0.2, 0) is 7.05 Å². The first-order valence-corrected chi connectivity index (χ1v) is 33.3. The number of thioether (sulfide) groups is 2. The summed E-state index contributed by atoms with van der Waals surface area (Å²) in [6, 6.07) is 23.5. The Balaban J connectivity index is 0.000000226. The second-order valence-corrected chi connectivity index (χ2v) is 25.9. The molecule has 9 nitrogen and oxygen atoms in total. The number of thiophene rings is 3. The molecule has 9 aromatic rings. The van der Waals surface area contributed by atoms with Gasteiger partial charge in [0.25, 0.3) is 11.1 Å². The fourth-order valence-electron chi connectivity index (χ4n) is 6.43. The van der Waals surface area contributed by atoms with Gasteiger partial charge in [0, 0.05) is 36.6 Å². The lowest BCUT2D eigenvalue weighted by Gasteiger charge is -2.06. The monoisotopic (exact) mass is 1580 g/mol. The van der Waals surface area contributed by atoms with E-state index in [4.69, 9.17) is 86.0 Å². The molecule has 4 heterocycles. The van der Waals surface area contributed by atoms with Gasteiger partial charge in [0.1, 0.15) is 56.3 Å². The number of amides is 1. The van der Waals surface area contributed by atoms with Crippen molar-refractivity contribution in [3.8, 4) is 28.2 Å². The second-order valence-electron chi connectivity index (χ2n) is 16.2. The van der Waals surface area contributed by atoms with E-state index in [0.29, 0.717) is 42.1 Å². The van der Waals surface area contributed by atoms with Crippen molar-refractivity contribution in [3.05, 3.63) is 223 Å². The van der Waals surface area contributed by atoms with E-state index < -0.39 is 29.2 Å². The maximum absolute atomic E-state index is 14.0. The number of nitrogens with two attached hydrogens (primary N) is 2. The highest BCUT2D eigenvalue weighted by Gasteiger charge is 2.22. The molecule has 0 unspecified atom stereocenters. The van der Waals surface area contributed by atoms with Crippen LogP contribution in [0, 0.1) is 61.2 Å². The summed E-state index contributed by atoms with van der Waals surface area (Å²) in [4.78, 5) is 33.5. The molecule has 1 amide bonds. The van der Waals surface area contributed by atoms with Crippen LogP contribution in [0.1, 0.15) is 58.3 Å². The predicted octanol–water partition coefficient (Wildman–Crippen LogP) is 19.6. The number of aryl methyl sites for hydroxylation is 1. The smallest absolute Gasteiger partial charge is 0.288 e. The number of nitrogens with zero attached hydrogens (tertiary/aromatic N) is 5. The van der Waals surface area contributed by atoms with Crippen molar-refractivity contribution >= 4 is 213 Å². The summed E-state index contributed by atoms with van der Waals surface area (Å²) in [6.07, 6.45) is 3.50. The zero-order chi connectivity index (χ0) is 63.6. The van der Waals surface area contributed by atoms with E-state index in [1.54, 1.807) is 78.0 Å². The number of carbonyl (C=O) groups is 2. The molecule has 0 bridgehead atoms. The highest BCUT2D eigenvalue weighted by molar-refractivity contribution is 9.11. The summed E-state index contributed by atoms with van der Waals surface area (Å²) in [5.41, 5.74) is 8.77. The zero-order valence-electron chi connectivity index (χ0n) is 44.3. The molecule has 5 aromatic carbocycles. The summed E-state index contributed by atoms with van der Waals surface area (Å²) in [7, 11) is 1.79. The SMILES string of the molecule is CSC(=NC(=O)c1scc(Br)c1C)c1c(F)cccc1Cl.CSC(=[NH2+])c1c(F)cccc1Cl.Cc1c(Br)csc1-c1nc(-c2c(F)cccc2Cl)nn1C.Cc1c(Br)csc1C(=O)Cl.N#Cc1c(F)cccc1Cl.NC(=S)c1c(F)cccc1Cl. The molecular weight excluding hydrogens is 1540 g/mol. The Morgan fingerprint density at radius 2 is 1.09 bits per heavy atom. The summed E-state index contributed by atoms with van der Waals surface area (Å²) in [6.45, 7) is 5.69. The number of thiocarbonyl (C=S) groups is 1. The molecule has 444 valence electrons. The third-order valence-corrected chi connectivity index (χ3v) is 20.8. The van der Waals surface area contributed by atoms with Crippen LogP contribution < -0.4 is 11.1 Å². The van der Waals surface area contributed by atoms with Gasteiger partial charge in [-0.15, -0.1) is 45.8 Å². The van der Waals surface area contributed by atoms with Gasteiger partial charge in [-0.1, -0.05) is 112 Å². The second kappa shape index (κ2) is 35.2. The average Bonchev–Trinajstić information content (AvgIpc) is 3.78. The molecular formula is C56H40Br3Cl6F5N7O2S6+. The number of rotatable bonds is 7. The standard InChI is InChI=1S/C14H10BrClFN3S.C14H10BrClFNOS2.C8H7ClFNS.C7H5ClFNS.C7H3ClFN.C6H4BrClOS/c1-7-8(15)6-21-12(7)14-18-13(19-20(14)2)11-9(16)4-3-5-10(11)17;1-7-8(15)6-21-12(7)13(19)18-14(20-2)11-9(16)4-3-5-10(11)17;1-12-8(11)7-5(9)3-2-4-6(7)10;8-4-2-1-3-5(9)6(4)7(10)11;8-6-2-1-3-7(9)5(6)4-10;1-3-4(7)2-10-5(3)6(8)9/h2*3-6H,1-2H3;2-4,11H,1H3;1-3H,(H2,10,11);1-3H;2H,1H3/p+1. The van der Waals surface area contributed by atoms with Crippen molar-refractivity contribution in [3.63, 3.8) is 0 Å². The van der Waals surface area contributed by atoms with Gasteiger partial charge >= 0.3 is 0 Å². The lowest BCUT2D eigenvalue weighted by Crippen LogP contribution is -2.38. The first kappa shape index (κ1) is 73.4. The highest BCUT2D eigenvalue weighted by atomic mass is 79.9. The Labute approximate surface area is 567 Å². The zero-order valence-corrected chi connectivity index (χ0v) is 58.5. The molecule has 0 aliphatic heterocycles. The molecule has 0 radical (unpaired) electrons. The van der Waals surface area contributed by atoms with E-state index in [1.807, 2.05) is 36.9 Å². The van der Waals surface area contributed by atoms with Gasteiger partial charge in [0.05, 0.1) is 56.4 Å². The Hall–Kier alpha value is -4.07. The number of hydrogen-bond acceptors (Lipinski definition) is 11. The number of hydrogen-bond donors (Lipinski definition) is 2. The third-order valence-electron chi connectivity index (χ3n) is 10.7. The van der Waals surface area contributed by atoms with Gasteiger partial charge in [0.15, 0.2) is 11.6 Å². The van der Waals surface area contributed by atoms with E-state index in [2.05, 4.69) is 75.1 Å². The lowest BCUT2D eigenvalue weighted by molar-refractivity contribution is -0.107. The van der Waals surface area contributed by atoms with E-state index in [9.17, 15) is 31.5 Å². The summed E-state index contributed by atoms with van der Waals surface area (Å²) in [5, 5.41) is 25.4. The van der Waals surface area contributed by atoms with Crippen LogP contribution in [0.4, 0.5) is 22.0 Å². The minimum absolute atomic E-state index is 0.0203. The van der Waals surface area contributed by atoms with Gasteiger partial charge in [0.2, 0.25) is 5.04 Å².